The SMILES string of the molecule is C[C@@H](C(=O)NC(C(=O)N1CCC[C@H]1C(=O)Nc1sc(N)nc1-c1ccccc1)C1CCCCC1)N(C)C(=O)OC(C)(C)C. The second-order valence-electron chi connectivity index (χ2n) is 12.4. The average Bonchev–Trinajstić information content (AvgIpc) is 3.61. The maximum atomic E-state index is 14.2. The highest BCUT2D eigenvalue weighted by Gasteiger charge is 2.42. The molecule has 0 bridgehead atoms. The zero-order valence-corrected chi connectivity index (χ0v) is 26.5. The van der Waals surface area contributed by atoms with Crippen LogP contribution < -0.4 is 16.4 Å². The summed E-state index contributed by atoms with van der Waals surface area (Å²) in [5.74, 6) is -1.07. The first-order valence-corrected chi connectivity index (χ1v) is 15.9. The fraction of sp³-hybridized carbons (Fsp3) is 0.581. The molecule has 1 aliphatic heterocycles. The van der Waals surface area contributed by atoms with E-state index in [9.17, 15) is 19.2 Å². The number of likely N-dealkylation sites (tertiary alicyclic amines) is 1. The van der Waals surface area contributed by atoms with E-state index < -0.39 is 35.7 Å². The number of nitrogens with zero attached hydrogens (tertiary/aromatic N) is 3. The molecule has 2 aromatic rings. The highest BCUT2D eigenvalue weighted by atomic mass is 32.1. The molecule has 1 unspecified atom stereocenters. The number of rotatable bonds is 8. The molecule has 12 heteroatoms. The monoisotopic (exact) mass is 612 g/mol. The summed E-state index contributed by atoms with van der Waals surface area (Å²) in [4.78, 5) is 61.1. The van der Waals surface area contributed by atoms with E-state index in [4.69, 9.17) is 10.5 Å². The Morgan fingerprint density at radius 3 is 2.40 bits per heavy atom. The molecule has 234 valence electrons. The van der Waals surface area contributed by atoms with Crippen molar-refractivity contribution >= 4 is 45.3 Å². The molecular weight excluding hydrogens is 568 g/mol. The Hall–Kier alpha value is -3.67. The number of hydrogen-bond acceptors (Lipinski definition) is 8. The van der Waals surface area contributed by atoms with Crippen molar-refractivity contribution < 1.29 is 23.9 Å². The number of ether oxygens (including phenoxy) is 1. The molecule has 1 aromatic carbocycles. The number of nitrogens with two attached hydrogens (primary N) is 1. The molecule has 1 aromatic heterocycles. The van der Waals surface area contributed by atoms with Gasteiger partial charge in [-0.2, -0.15) is 0 Å². The maximum absolute atomic E-state index is 14.2. The first-order chi connectivity index (χ1) is 20.4. The standard InChI is InChI=1S/C31H44N6O5S/c1-19(36(5)30(41)42-31(2,3)4)25(38)33-24(21-15-10-7-11-16-21)28(40)37-18-12-17-22(37)26(39)35-27-23(34-29(32)43-27)20-13-8-6-9-14-20/h6,8-9,13-14,19,21-22,24H,7,10-12,15-18H2,1-5H3,(H2,32,34)(H,33,38)(H,35,39)/t19-,22-,24?/m0/s1. The number of nitrogens with one attached hydrogen (secondary N) is 2. The number of amides is 4. The fourth-order valence-corrected chi connectivity index (χ4v) is 6.44. The van der Waals surface area contributed by atoms with Crippen LogP contribution in [0.1, 0.15) is 72.6 Å². The number of carbonyl (C=O) groups is 4. The molecular formula is C31H44N6O5S. The van der Waals surface area contributed by atoms with Gasteiger partial charge < -0.3 is 26.0 Å². The highest BCUT2D eigenvalue weighted by Crippen LogP contribution is 2.35. The summed E-state index contributed by atoms with van der Waals surface area (Å²) >= 11 is 1.19. The van der Waals surface area contributed by atoms with Gasteiger partial charge >= 0.3 is 6.09 Å². The van der Waals surface area contributed by atoms with E-state index >= 15 is 0 Å². The zero-order chi connectivity index (χ0) is 31.3. The minimum absolute atomic E-state index is 0.0560. The van der Waals surface area contributed by atoms with Crippen LogP contribution in [-0.4, -0.2) is 75.9 Å². The molecule has 1 saturated heterocycles. The third-order valence-electron chi connectivity index (χ3n) is 8.09. The van der Waals surface area contributed by atoms with E-state index in [0.29, 0.717) is 35.2 Å². The number of likely N-dealkylation sites (N-methyl/N-ethyl adjacent to an activating group) is 1. The first-order valence-electron chi connectivity index (χ1n) is 15.0. The molecule has 2 aliphatic rings. The summed E-state index contributed by atoms with van der Waals surface area (Å²) in [6.45, 7) is 7.31. The Morgan fingerprint density at radius 1 is 1.07 bits per heavy atom. The molecule has 11 nitrogen and oxygen atoms in total. The number of nitrogen functional groups attached to an aromatic ring is 1. The van der Waals surface area contributed by atoms with Gasteiger partial charge in [0, 0.05) is 19.2 Å². The zero-order valence-electron chi connectivity index (χ0n) is 25.7. The lowest BCUT2D eigenvalue weighted by Gasteiger charge is -2.36. The molecule has 4 N–H and O–H groups in total. The predicted molar refractivity (Wildman–Crippen MR) is 167 cm³/mol. The number of thiazole rings is 1. The molecule has 2 heterocycles. The van der Waals surface area contributed by atoms with Crippen molar-refractivity contribution in [3.8, 4) is 11.3 Å². The Balaban J connectivity index is 1.50. The van der Waals surface area contributed by atoms with Crippen LogP contribution in [-0.2, 0) is 19.1 Å². The van der Waals surface area contributed by atoms with Crippen molar-refractivity contribution in [2.75, 3.05) is 24.6 Å². The van der Waals surface area contributed by atoms with Crippen LogP contribution in [0.15, 0.2) is 30.3 Å². The molecule has 1 saturated carbocycles. The number of aromatic nitrogens is 1. The Labute approximate surface area is 257 Å². The second-order valence-corrected chi connectivity index (χ2v) is 13.5. The third kappa shape index (κ3) is 8.04. The molecule has 4 amide bonds. The summed E-state index contributed by atoms with van der Waals surface area (Å²) in [7, 11) is 1.51. The molecule has 1 aliphatic carbocycles. The van der Waals surface area contributed by atoms with Gasteiger partial charge in [-0.25, -0.2) is 9.78 Å². The van der Waals surface area contributed by atoms with Gasteiger partial charge in [-0.3, -0.25) is 19.3 Å². The van der Waals surface area contributed by atoms with Crippen LogP contribution >= 0.6 is 11.3 Å². The average molecular weight is 613 g/mol. The van der Waals surface area contributed by atoms with Gasteiger partial charge in [0.1, 0.15) is 34.4 Å². The van der Waals surface area contributed by atoms with Crippen molar-refractivity contribution in [1.82, 2.24) is 20.1 Å². The van der Waals surface area contributed by atoms with E-state index in [0.717, 1.165) is 37.7 Å². The van der Waals surface area contributed by atoms with Crippen LogP contribution in [0, 0.1) is 5.92 Å². The quantitative estimate of drug-likeness (QED) is 0.393. The number of benzene rings is 1. The normalized spacial score (nSPS) is 18.9. The van der Waals surface area contributed by atoms with Crippen molar-refractivity contribution in [3.05, 3.63) is 30.3 Å². The maximum Gasteiger partial charge on any atom is 0.410 e. The molecule has 0 spiro atoms. The Bertz CT molecular complexity index is 1300. The fourth-order valence-electron chi connectivity index (χ4n) is 5.68. The smallest absolute Gasteiger partial charge is 0.410 e. The molecule has 2 fully saturated rings. The minimum atomic E-state index is -0.861. The number of anilines is 2. The molecule has 0 radical (unpaired) electrons. The molecule has 43 heavy (non-hydrogen) atoms. The van der Waals surface area contributed by atoms with Crippen molar-refractivity contribution in [1.29, 1.82) is 0 Å². The van der Waals surface area contributed by atoms with Gasteiger partial charge in [-0.1, -0.05) is 60.9 Å². The molecule has 4 rings (SSSR count). The Kier molecular flexibility index (Phi) is 10.3. The topological polar surface area (TPSA) is 147 Å². The van der Waals surface area contributed by atoms with Crippen LogP contribution in [0.5, 0.6) is 0 Å². The van der Waals surface area contributed by atoms with Gasteiger partial charge in [0.2, 0.25) is 17.7 Å². The summed E-state index contributed by atoms with van der Waals surface area (Å²) in [5, 5.41) is 6.81. The first kappa shape index (κ1) is 32.2. The van der Waals surface area contributed by atoms with Crippen molar-refractivity contribution in [2.45, 2.75) is 96.4 Å². The summed E-state index contributed by atoms with van der Waals surface area (Å²) < 4.78 is 5.42. The van der Waals surface area contributed by atoms with Gasteiger partial charge in [-0.15, -0.1) is 0 Å². The van der Waals surface area contributed by atoms with Crippen LogP contribution in [0.3, 0.4) is 0 Å². The molecule has 3 atom stereocenters. The second kappa shape index (κ2) is 13.7. The van der Waals surface area contributed by atoms with Crippen molar-refractivity contribution in [2.24, 2.45) is 5.92 Å². The van der Waals surface area contributed by atoms with E-state index in [1.54, 1.807) is 32.6 Å². The number of hydrogen-bond donors (Lipinski definition) is 3. The Morgan fingerprint density at radius 2 is 1.74 bits per heavy atom. The summed E-state index contributed by atoms with van der Waals surface area (Å²) in [6.07, 6.45) is 5.19. The van der Waals surface area contributed by atoms with Gasteiger partial charge in [0.15, 0.2) is 5.13 Å². The lowest BCUT2D eigenvalue weighted by molar-refractivity contribution is -0.142. The summed E-state index contributed by atoms with van der Waals surface area (Å²) in [6, 6.07) is 7.12. The lowest BCUT2D eigenvalue weighted by Crippen LogP contribution is -2.58. The van der Waals surface area contributed by atoms with E-state index in [-0.39, 0.29) is 17.7 Å². The van der Waals surface area contributed by atoms with Crippen LogP contribution in [0.25, 0.3) is 11.3 Å². The summed E-state index contributed by atoms with van der Waals surface area (Å²) in [5.41, 5.74) is 6.71. The minimum Gasteiger partial charge on any atom is -0.444 e. The number of carbonyl (C=O) groups excluding carboxylic acids is 4. The largest absolute Gasteiger partial charge is 0.444 e. The van der Waals surface area contributed by atoms with E-state index in [2.05, 4.69) is 15.6 Å². The predicted octanol–water partition coefficient (Wildman–Crippen LogP) is 4.64. The van der Waals surface area contributed by atoms with Gasteiger partial charge in [0.05, 0.1) is 0 Å². The van der Waals surface area contributed by atoms with E-state index in [1.165, 1.54) is 23.3 Å². The van der Waals surface area contributed by atoms with Crippen molar-refractivity contribution in [3.63, 3.8) is 0 Å². The highest BCUT2D eigenvalue weighted by molar-refractivity contribution is 7.20. The van der Waals surface area contributed by atoms with Gasteiger partial charge in [0.25, 0.3) is 0 Å². The van der Waals surface area contributed by atoms with Crippen LogP contribution in [0.4, 0.5) is 14.9 Å². The third-order valence-corrected chi connectivity index (χ3v) is 8.89. The lowest BCUT2D eigenvalue weighted by atomic mass is 9.83. The van der Waals surface area contributed by atoms with Crippen LogP contribution in [0.2, 0.25) is 0 Å². The van der Waals surface area contributed by atoms with E-state index in [1.807, 2.05) is 30.3 Å². The van der Waals surface area contributed by atoms with Gasteiger partial charge in [-0.05, 0) is 59.3 Å².